The topological polar surface area (TPSA) is 52.0 Å². The SMILES string of the molecule is NC1=CCC(N)(C2CCCCC2)C=C1. The van der Waals surface area contributed by atoms with E-state index >= 15 is 0 Å². The van der Waals surface area contributed by atoms with Crippen LogP contribution >= 0.6 is 0 Å². The average molecular weight is 192 g/mol. The summed E-state index contributed by atoms with van der Waals surface area (Å²) in [6.45, 7) is 0. The second-order valence-electron chi connectivity index (χ2n) is 4.69. The van der Waals surface area contributed by atoms with Crippen LogP contribution in [0.5, 0.6) is 0 Å². The Morgan fingerprint density at radius 3 is 2.50 bits per heavy atom. The smallest absolute Gasteiger partial charge is 0.0407 e. The quantitative estimate of drug-likeness (QED) is 0.668. The van der Waals surface area contributed by atoms with Crippen LogP contribution in [0.4, 0.5) is 0 Å². The van der Waals surface area contributed by atoms with Gasteiger partial charge in [-0.1, -0.05) is 31.4 Å². The Labute approximate surface area is 86.0 Å². The summed E-state index contributed by atoms with van der Waals surface area (Å²) in [5, 5.41) is 0. The van der Waals surface area contributed by atoms with Crippen molar-refractivity contribution in [2.75, 3.05) is 0 Å². The Hall–Kier alpha value is -0.760. The molecule has 2 nitrogen and oxygen atoms in total. The number of nitrogens with two attached hydrogens (primary N) is 2. The zero-order chi connectivity index (χ0) is 10.0. The van der Waals surface area contributed by atoms with Gasteiger partial charge in [0.15, 0.2) is 0 Å². The molecule has 0 aromatic heterocycles. The van der Waals surface area contributed by atoms with Crippen LogP contribution in [0.15, 0.2) is 23.9 Å². The van der Waals surface area contributed by atoms with Gasteiger partial charge in [-0.15, -0.1) is 0 Å². The summed E-state index contributed by atoms with van der Waals surface area (Å²) < 4.78 is 0. The van der Waals surface area contributed by atoms with Gasteiger partial charge in [0.05, 0.1) is 0 Å². The molecule has 0 amide bonds. The monoisotopic (exact) mass is 192 g/mol. The fourth-order valence-electron chi connectivity index (χ4n) is 2.62. The van der Waals surface area contributed by atoms with Gasteiger partial charge in [-0.25, -0.2) is 0 Å². The van der Waals surface area contributed by atoms with Gasteiger partial charge in [0.2, 0.25) is 0 Å². The molecule has 14 heavy (non-hydrogen) atoms. The molecule has 1 saturated carbocycles. The molecule has 1 atom stereocenters. The Morgan fingerprint density at radius 2 is 1.93 bits per heavy atom. The molecule has 2 aliphatic carbocycles. The van der Waals surface area contributed by atoms with Crippen molar-refractivity contribution in [1.29, 1.82) is 0 Å². The third kappa shape index (κ3) is 1.85. The van der Waals surface area contributed by atoms with Crippen molar-refractivity contribution in [3.8, 4) is 0 Å². The second-order valence-corrected chi connectivity index (χ2v) is 4.69. The van der Waals surface area contributed by atoms with Crippen LogP contribution in [0.25, 0.3) is 0 Å². The van der Waals surface area contributed by atoms with Crippen molar-refractivity contribution in [3.05, 3.63) is 23.9 Å². The number of rotatable bonds is 1. The Balaban J connectivity index is 2.05. The van der Waals surface area contributed by atoms with E-state index in [0.717, 1.165) is 12.1 Å². The van der Waals surface area contributed by atoms with E-state index in [1.807, 2.05) is 6.08 Å². The summed E-state index contributed by atoms with van der Waals surface area (Å²) in [6, 6.07) is 0. The highest BCUT2D eigenvalue weighted by Crippen LogP contribution is 2.35. The third-order valence-electron chi connectivity index (χ3n) is 3.64. The molecule has 2 aliphatic rings. The highest BCUT2D eigenvalue weighted by Gasteiger charge is 2.33. The van der Waals surface area contributed by atoms with Crippen molar-refractivity contribution in [3.63, 3.8) is 0 Å². The van der Waals surface area contributed by atoms with Gasteiger partial charge in [0, 0.05) is 11.2 Å². The van der Waals surface area contributed by atoms with Gasteiger partial charge in [-0.05, 0) is 31.3 Å². The minimum Gasteiger partial charge on any atom is -0.399 e. The van der Waals surface area contributed by atoms with Gasteiger partial charge < -0.3 is 11.5 Å². The van der Waals surface area contributed by atoms with Crippen molar-refractivity contribution in [2.24, 2.45) is 17.4 Å². The van der Waals surface area contributed by atoms with Crippen LogP contribution in [-0.2, 0) is 0 Å². The lowest BCUT2D eigenvalue weighted by molar-refractivity contribution is 0.248. The standard InChI is InChI=1S/C12H20N2/c13-11-6-8-12(14,9-7-11)10-4-2-1-3-5-10/h6-8,10H,1-5,9,13-14H2. The highest BCUT2D eigenvalue weighted by atomic mass is 14.8. The lowest BCUT2D eigenvalue weighted by Crippen LogP contribution is -2.46. The average Bonchev–Trinajstić information content (AvgIpc) is 2.24. The van der Waals surface area contributed by atoms with Gasteiger partial charge >= 0.3 is 0 Å². The maximum Gasteiger partial charge on any atom is 0.0407 e. The van der Waals surface area contributed by atoms with Gasteiger partial charge in [0.1, 0.15) is 0 Å². The molecule has 0 aliphatic heterocycles. The molecular weight excluding hydrogens is 172 g/mol. The molecule has 0 aromatic rings. The minimum absolute atomic E-state index is 0.108. The van der Waals surface area contributed by atoms with Crippen molar-refractivity contribution in [2.45, 2.75) is 44.1 Å². The highest BCUT2D eigenvalue weighted by molar-refractivity contribution is 5.27. The normalized spacial score (nSPS) is 34.2. The first-order chi connectivity index (χ1) is 6.71. The van der Waals surface area contributed by atoms with E-state index in [1.165, 1.54) is 32.1 Å². The number of hydrogen-bond acceptors (Lipinski definition) is 2. The van der Waals surface area contributed by atoms with Crippen LogP contribution < -0.4 is 11.5 Å². The summed E-state index contributed by atoms with van der Waals surface area (Å²) in [5.41, 5.74) is 12.9. The van der Waals surface area contributed by atoms with Crippen LogP contribution in [-0.4, -0.2) is 5.54 Å². The zero-order valence-electron chi connectivity index (χ0n) is 8.71. The zero-order valence-corrected chi connectivity index (χ0v) is 8.71. The van der Waals surface area contributed by atoms with Gasteiger partial charge in [-0.2, -0.15) is 0 Å². The number of allylic oxidation sites excluding steroid dienone is 1. The minimum atomic E-state index is -0.108. The summed E-state index contributed by atoms with van der Waals surface area (Å²) >= 11 is 0. The molecule has 0 aromatic carbocycles. The first-order valence-electron chi connectivity index (χ1n) is 5.64. The lowest BCUT2D eigenvalue weighted by Gasteiger charge is -2.38. The molecular formula is C12H20N2. The molecule has 0 spiro atoms. The Bertz CT molecular complexity index is 261. The number of hydrogen-bond donors (Lipinski definition) is 2. The predicted molar refractivity (Wildman–Crippen MR) is 59.5 cm³/mol. The first-order valence-corrected chi connectivity index (χ1v) is 5.64. The lowest BCUT2D eigenvalue weighted by atomic mass is 9.72. The molecule has 0 bridgehead atoms. The molecule has 1 fully saturated rings. The Kier molecular flexibility index (Phi) is 2.64. The van der Waals surface area contributed by atoms with Crippen molar-refractivity contribution < 1.29 is 0 Å². The fourth-order valence-corrected chi connectivity index (χ4v) is 2.62. The van der Waals surface area contributed by atoms with Crippen LogP contribution in [0.3, 0.4) is 0 Å². The van der Waals surface area contributed by atoms with Gasteiger partial charge in [0.25, 0.3) is 0 Å². The van der Waals surface area contributed by atoms with Crippen LogP contribution in [0.2, 0.25) is 0 Å². The molecule has 4 N–H and O–H groups in total. The van der Waals surface area contributed by atoms with Crippen LogP contribution in [0.1, 0.15) is 38.5 Å². The largest absolute Gasteiger partial charge is 0.399 e. The maximum atomic E-state index is 6.41. The van der Waals surface area contributed by atoms with E-state index in [0.29, 0.717) is 5.92 Å². The molecule has 0 saturated heterocycles. The molecule has 78 valence electrons. The third-order valence-corrected chi connectivity index (χ3v) is 3.64. The summed E-state index contributed by atoms with van der Waals surface area (Å²) in [5.74, 6) is 0.664. The Morgan fingerprint density at radius 1 is 1.21 bits per heavy atom. The van der Waals surface area contributed by atoms with E-state index in [-0.39, 0.29) is 5.54 Å². The summed E-state index contributed by atoms with van der Waals surface area (Å²) in [6.07, 6.45) is 13.7. The fraction of sp³-hybridized carbons (Fsp3) is 0.667. The molecule has 0 heterocycles. The van der Waals surface area contributed by atoms with E-state index < -0.39 is 0 Å². The predicted octanol–water partition coefficient (Wildman–Crippen LogP) is 2.07. The van der Waals surface area contributed by atoms with Gasteiger partial charge in [-0.3, -0.25) is 0 Å². The van der Waals surface area contributed by atoms with Crippen molar-refractivity contribution >= 4 is 0 Å². The summed E-state index contributed by atoms with van der Waals surface area (Å²) in [7, 11) is 0. The van der Waals surface area contributed by atoms with E-state index in [2.05, 4.69) is 12.2 Å². The van der Waals surface area contributed by atoms with Crippen molar-refractivity contribution in [1.82, 2.24) is 0 Å². The van der Waals surface area contributed by atoms with Crippen LogP contribution in [0, 0.1) is 5.92 Å². The molecule has 2 rings (SSSR count). The second kappa shape index (κ2) is 3.77. The first kappa shape index (κ1) is 9.78. The molecule has 0 radical (unpaired) electrons. The summed E-state index contributed by atoms with van der Waals surface area (Å²) in [4.78, 5) is 0. The van der Waals surface area contributed by atoms with E-state index in [1.54, 1.807) is 0 Å². The van der Waals surface area contributed by atoms with E-state index in [4.69, 9.17) is 11.5 Å². The molecule has 2 heteroatoms. The maximum absolute atomic E-state index is 6.41. The molecule has 1 unspecified atom stereocenters. The van der Waals surface area contributed by atoms with E-state index in [9.17, 15) is 0 Å².